The number of hydrogen-bond donors (Lipinski definition) is 2. The molecule has 0 radical (unpaired) electrons. The average Bonchev–Trinajstić information content (AvgIpc) is 2.67. The van der Waals surface area contributed by atoms with Gasteiger partial charge in [-0.05, 0) is 24.7 Å². The Morgan fingerprint density at radius 3 is 2.50 bits per heavy atom. The van der Waals surface area contributed by atoms with Gasteiger partial charge in [-0.2, -0.15) is 0 Å². The van der Waals surface area contributed by atoms with E-state index in [9.17, 15) is 0 Å². The van der Waals surface area contributed by atoms with E-state index in [-0.39, 0.29) is 0 Å². The van der Waals surface area contributed by atoms with Gasteiger partial charge >= 0.3 is 0 Å². The van der Waals surface area contributed by atoms with E-state index in [1.54, 1.807) is 0 Å². The van der Waals surface area contributed by atoms with Gasteiger partial charge in [0.05, 0.1) is 6.61 Å². The lowest BCUT2D eigenvalue weighted by molar-refractivity contribution is 0.236. The minimum atomic E-state index is 0.331. The number of nitrogens with one attached hydrogen (secondary N) is 1. The highest BCUT2D eigenvalue weighted by Gasteiger charge is 2.52. The molecule has 2 aliphatic rings. The lowest BCUT2D eigenvalue weighted by Gasteiger charge is -2.14. The maximum absolute atomic E-state index is 8.91. The maximum atomic E-state index is 8.91. The van der Waals surface area contributed by atoms with E-state index in [0.717, 1.165) is 11.8 Å². The van der Waals surface area contributed by atoms with Crippen LogP contribution in [0, 0.1) is 11.8 Å². The predicted molar refractivity (Wildman–Crippen MR) is 39.7 cm³/mol. The van der Waals surface area contributed by atoms with Crippen molar-refractivity contribution in [3.63, 3.8) is 0 Å². The van der Waals surface area contributed by atoms with E-state index >= 15 is 0 Å². The Hall–Kier alpha value is -0.0800. The molecule has 58 valence electrons. The highest BCUT2D eigenvalue weighted by Crippen LogP contribution is 2.49. The smallest absolute Gasteiger partial charge is 0.0587 e. The van der Waals surface area contributed by atoms with Gasteiger partial charge in [-0.25, -0.2) is 0 Å². The van der Waals surface area contributed by atoms with Gasteiger partial charge in [0.1, 0.15) is 0 Å². The van der Waals surface area contributed by atoms with Crippen LogP contribution < -0.4 is 5.32 Å². The van der Waals surface area contributed by atoms with Gasteiger partial charge < -0.3 is 10.4 Å². The van der Waals surface area contributed by atoms with Gasteiger partial charge in [0.15, 0.2) is 0 Å². The van der Waals surface area contributed by atoms with Crippen molar-refractivity contribution in [2.45, 2.75) is 31.8 Å². The lowest BCUT2D eigenvalue weighted by Crippen LogP contribution is -2.35. The van der Waals surface area contributed by atoms with Crippen LogP contribution in [0.3, 0.4) is 0 Å². The summed E-state index contributed by atoms with van der Waals surface area (Å²) in [5.41, 5.74) is 0. The molecular weight excluding hydrogens is 126 g/mol. The Morgan fingerprint density at radius 1 is 1.40 bits per heavy atom. The van der Waals surface area contributed by atoms with Crippen molar-refractivity contribution in [1.82, 2.24) is 5.32 Å². The first kappa shape index (κ1) is 6.62. The van der Waals surface area contributed by atoms with Crippen LogP contribution >= 0.6 is 0 Å². The minimum absolute atomic E-state index is 0.331. The van der Waals surface area contributed by atoms with Crippen LogP contribution in [-0.4, -0.2) is 23.8 Å². The summed E-state index contributed by atoms with van der Waals surface area (Å²) in [6.07, 6.45) is 2.58. The number of aliphatic hydroxyl groups is 1. The van der Waals surface area contributed by atoms with Crippen LogP contribution in [0.5, 0.6) is 0 Å². The summed E-state index contributed by atoms with van der Waals surface area (Å²) in [5, 5.41) is 12.4. The van der Waals surface area contributed by atoms with Crippen molar-refractivity contribution in [2.24, 2.45) is 11.8 Å². The summed E-state index contributed by atoms with van der Waals surface area (Å²) in [6.45, 7) is 2.55. The van der Waals surface area contributed by atoms with E-state index in [0.29, 0.717) is 18.7 Å². The number of fused-ring (bicyclic) bond motifs is 1. The minimum Gasteiger partial charge on any atom is -0.395 e. The summed E-state index contributed by atoms with van der Waals surface area (Å²) in [5.74, 6) is 1.72. The fourth-order valence-corrected chi connectivity index (χ4v) is 2.29. The Kier molecular flexibility index (Phi) is 1.46. The van der Waals surface area contributed by atoms with Gasteiger partial charge in [-0.1, -0.05) is 6.92 Å². The van der Waals surface area contributed by atoms with Crippen LogP contribution in [0.1, 0.15) is 19.8 Å². The molecule has 1 aliphatic carbocycles. The van der Waals surface area contributed by atoms with Crippen molar-refractivity contribution < 1.29 is 5.11 Å². The summed E-state index contributed by atoms with van der Waals surface area (Å²) in [7, 11) is 0. The second kappa shape index (κ2) is 2.21. The largest absolute Gasteiger partial charge is 0.395 e. The van der Waals surface area contributed by atoms with Crippen LogP contribution in [0.4, 0.5) is 0 Å². The molecule has 0 aromatic heterocycles. The second-order valence-corrected chi connectivity index (χ2v) is 3.53. The number of rotatable bonds is 2. The third-order valence-corrected chi connectivity index (χ3v) is 2.99. The molecule has 1 saturated heterocycles. The molecule has 0 aromatic rings. The molecule has 2 heteroatoms. The van der Waals surface area contributed by atoms with Crippen LogP contribution in [-0.2, 0) is 0 Å². The van der Waals surface area contributed by atoms with Gasteiger partial charge in [-0.15, -0.1) is 0 Å². The SMILES string of the molecule is CCC1NC(CO)C2CC12. The van der Waals surface area contributed by atoms with Crippen LogP contribution in [0.15, 0.2) is 0 Å². The summed E-state index contributed by atoms with van der Waals surface area (Å²) in [6, 6.07) is 1.14. The second-order valence-electron chi connectivity index (χ2n) is 3.53. The van der Waals surface area contributed by atoms with E-state index in [4.69, 9.17) is 5.11 Å². The van der Waals surface area contributed by atoms with Crippen molar-refractivity contribution in [1.29, 1.82) is 0 Å². The molecule has 0 aromatic carbocycles. The number of hydrogen-bond acceptors (Lipinski definition) is 2. The molecule has 4 atom stereocenters. The van der Waals surface area contributed by atoms with E-state index in [2.05, 4.69) is 12.2 Å². The normalized spacial score (nSPS) is 51.0. The predicted octanol–water partition coefficient (Wildman–Crippen LogP) is 0.365. The third kappa shape index (κ3) is 0.789. The van der Waals surface area contributed by atoms with Gasteiger partial charge in [0.25, 0.3) is 0 Å². The Bertz CT molecular complexity index is 123. The molecule has 0 bridgehead atoms. The summed E-state index contributed by atoms with van der Waals surface area (Å²) < 4.78 is 0. The topological polar surface area (TPSA) is 32.3 Å². The molecule has 1 saturated carbocycles. The fourth-order valence-electron chi connectivity index (χ4n) is 2.29. The molecule has 2 nitrogen and oxygen atoms in total. The first-order valence-corrected chi connectivity index (χ1v) is 4.23. The Labute approximate surface area is 61.6 Å². The third-order valence-electron chi connectivity index (χ3n) is 2.99. The average molecular weight is 141 g/mol. The van der Waals surface area contributed by atoms with Gasteiger partial charge in [0, 0.05) is 12.1 Å². The molecule has 1 heterocycles. The quantitative estimate of drug-likeness (QED) is 0.582. The molecule has 4 unspecified atom stereocenters. The summed E-state index contributed by atoms with van der Waals surface area (Å²) >= 11 is 0. The van der Waals surface area contributed by atoms with Crippen LogP contribution in [0.2, 0.25) is 0 Å². The zero-order chi connectivity index (χ0) is 7.14. The highest BCUT2D eigenvalue weighted by atomic mass is 16.3. The van der Waals surface area contributed by atoms with Crippen molar-refractivity contribution in [3.05, 3.63) is 0 Å². The number of aliphatic hydroxyl groups excluding tert-OH is 1. The number of piperidine rings is 1. The lowest BCUT2D eigenvalue weighted by atomic mass is 10.1. The zero-order valence-electron chi connectivity index (χ0n) is 6.38. The molecule has 2 rings (SSSR count). The summed E-state index contributed by atoms with van der Waals surface area (Å²) in [4.78, 5) is 0. The first-order valence-electron chi connectivity index (χ1n) is 4.23. The zero-order valence-corrected chi connectivity index (χ0v) is 6.38. The standard InChI is InChI=1S/C8H15NO/c1-2-7-5-3-6(5)8(4-10)9-7/h5-10H,2-4H2,1H3. The first-order chi connectivity index (χ1) is 4.86. The van der Waals surface area contributed by atoms with E-state index in [1.165, 1.54) is 12.8 Å². The van der Waals surface area contributed by atoms with Crippen molar-refractivity contribution >= 4 is 0 Å². The maximum Gasteiger partial charge on any atom is 0.0587 e. The molecule has 0 amide bonds. The molecule has 2 fully saturated rings. The van der Waals surface area contributed by atoms with Gasteiger partial charge in [0.2, 0.25) is 0 Å². The highest BCUT2D eigenvalue weighted by molar-refractivity contribution is 5.07. The fraction of sp³-hybridized carbons (Fsp3) is 1.00. The molecule has 10 heavy (non-hydrogen) atoms. The molecule has 0 spiro atoms. The van der Waals surface area contributed by atoms with Crippen molar-refractivity contribution in [2.75, 3.05) is 6.61 Å². The Balaban J connectivity index is 1.95. The molecule has 2 N–H and O–H groups in total. The monoisotopic (exact) mass is 141 g/mol. The Morgan fingerprint density at radius 2 is 2.10 bits per heavy atom. The molecule has 1 aliphatic heterocycles. The van der Waals surface area contributed by atoms with E-state index < -0.39 is 0 Å². The van der Waals surface area contributed by atoms with E-state index in [1.807, 2.05) is 0 Å². The molecular formula is C8H15NO. The van der Waals surface area contributed by atoms with Crippen molar-refractivity contribution in [3.8, 4) is 0 Å². The van der Waals surface area contributed by atoms with Gasteiger partial charge in [-0.3, -0.25) is 0 Å². The van der Waals surface area contributed by atoms with Crippen LogP contribution in [0.25, 0.3) is 0 Å².